The van der Waals surface area contributed by atoms with Gasteiger partial charge in [-0.05, 0) is 36.4 Å². The highest BCUT2D eigenvalue weighted by Crippen LogP contribution is 2.30. The maximum absolute atomic E-state index is 13.2. The van der Waals surface area contributed by atoms with Gasteiger partial charge in [-0.1, -0.05) is 52.6 Å². The molecule has 0 atom stereocenters. The normalized spacial score (nSPS) is 10.8. The predicted molar refractivity (Wildman–Crippen MR) is 116 cm³/mol. The van der Waals surface area contributed by atoms with Crippen molar-refractivity contribution in [3.8, 4) is 11.4 Å². The van der Waals surface area contributed by atoms with E-state index in [2.05, 4.69) is 22.1 Å². The Bertz CT molecular complexity index is 1070. The quantitative estimate of drug-likeness (QED) is 0.341. The van der Waals surface area contributed by atoms with Crippen LogP contribution in [-0.2, 0) is 11.3 Å². The van der Waals surface area contributed by atoms with Gasteiger partial charge in [0.2, 0.25) is 5.91 Å². The van der Waals surface area contributed by atoms with Gasteiger partial charge in [0.15, 0.2) is 11.0 Å². The third-order valence-corrected chi connectivity index (χ3v) is 5.74. The molecule has 3 aromatic rings. The molecule has 0 saturated heterocycles. The third kappa shape index (κ3) is 5.30. The number of hydrogen-bond acceptors (Lipinski definition) is 4. The topological polar surface area (TPSA) is 59.8 Å². The highest BCUT2D eigenvalue weighted by Gasteiger charge is 2.16. The van der Waals surface area contributed by atoms with E-state index in [0.717, 1.165) is 5.56 Å². The molecule has 0 aliphatic rings. The summed E-state index contributed by atoms with van der Waals surface area (Å²) in [6, 6.07) is 9.15. The minimum absolute atomic E-state index is 0.0625. The van der Waals surface area contributed by atoms with Crippen molar-refractivity contribution in [1.82, 2.24) is 14.8 Å². The second kappa shape index (κ2) is 9.63. The number of benzene rings is 2. The van der Waals surface area contributed by atoms with Crippen molar-refractivity contribution in [3.63, 3.8) is 0 Å². The number of carbonyl (C=O) groups is 1. The van der Waals surface area contributed by atoms with E-state index in [-0.39, 0.29) is 16.7 Å². The summed E-state index contributed by atoms with van der Waals surface area (Å²) in [6.45, 7) is 4.20. The molecule has 150 valence electrons. The molecule has 0 aliphatic carbocycles. The number of amides is 1. The predicted octanol–water partition coefficient (Wildman–Crippen LogP) is 5.96. The molecular formula is C19H14Cl3FN4OS. The molecule has 0 fully saturated rings. The monoisotopic (exact) mass is 470 g/mol. The first kappa shape index (κ1) is 21.6. The Morgan fingerprint density at radius 2 is 1.93 bits per heavy atom. The van der Waals surface area contributed by atoms with E-state index in [1.165, 1.54) is 30.0 Å². The number of thioether (sulfide) groups is 1. The molecule has 10 heteroatoms. The lowest BCUT2D eigenvalue weighted by molar-refractivity contribution is -0.113. The molecule has 5 nitrogen and oxygen atoms in total. The van der Waals surface area contributed by atoms with Gasteiger partial charge in [0.05, 0.1) is 20.8 Å². The first-order chi connectivity index (χ1) is 13.9. The van der Waals surface area contributed by atoms with Gasteiger partial charge < -0.3 is 5.32 Å². The minimum atomic E-state index is -0.550. The third-order valence-electron chi connectivity index (χ3n) is 3.74. The Kier molecular flexibility index (Phi) is 7.18. The summed E-state index contributed by atoms with van der Waals surface area (Å²) in [5, 5.41) is 12.4. The number of nitrogens with one attached hydrogen (secondary N) is 1. The number of hydrogen-bond donors (Lipinski definition) is 1. The molecule has 1 amide bonds. The smallest absolute Gasteiger partial charge is 0.234 e. The second-order valence-electron chi connectivity index (χ2n) is 5.80. The van der Waals surface area contributed by atoms with Crippen LogP contribution in [-0.4, -0.2) is 26.4 Å². The summed E-state index contributed by atoms with van der Waals surface area (Å²) in [7, 11) is 0. The van der Waals surface area contributed by atoms with Crippen LogP contribution in [0.1, 0.15) is 0 Å². The van der Waals surface area contributed by atoms with E-state index < -0.39 is 5.82 Å². The zero-order valence-corrected chi connectivity index (χ0v) is 17.9. The Balaban J connectivity index is 1.74. The van der Waals surface area contributed by atoms with E-state index in [4.69, 9.17) is 34.8 Å². The van der Waals surface area contributed by atoms with E-state index >= 15 is 0 Å². The maximum Gasteiger partial charge on any atom is 0.234 e. The number of allylic oxidation sites excluding steroid dienone is 1. The van der Waals surface area contributed by atoms with Crippen molar-refractivity contribution in [2.45, 2.75) is 11.7 Å². The molecule has 0 aliphatic heterocycles. The van der Waals surface area contributed by atoms with Crippen LogP contribution in [0.3, 0.4) is 0 Å². The number of aromatic nitrogens is 3. The van der Waals surface area contributed by atoms with Gasteiger partial charge in [0, 0.05) is 17.8 Å². The standard InChI is InChI=1S/C19H14Cl3FN4OS/c1-2-7-27-18(11-3-5-13(20)14(21)8-11)25-26-19(27)29-10-17(28)24-12-4-6-16(23)15(22)9-12/h2-6,8-9H,1,7,10H2,(H,24,28). The van der Waals surface area contributed by atoms with Gasteiger partial charge in [-0.15, -0.1) is 16.8 Å². The Hall–Kier alpha value is -2.06. The van der Waals surface area contributed by atoms with Crippen LogP contribution in [0.15, 0.2) is 54.2 Å². The van der Waals surface area contributed by atoms with Crippen LogP contribution in [0.4, 0.5) is 10.1 Å². The highest BCUT2D eigenvalue weighted by molar-refractivity contribution is 7.99. The molecule has 0 unspecified atom stereocenters. The average molecular weight is 472 g/mol. The molecule has 29 heavy (non-hydrogen) atoms. The average Bonchev–Trinajstić information content (AvgIpc) is 3.08. The summed E-state index contributed by atoms with van der Waals surface area (Å²) < 4.78 is 15.0. The first-order valence-electron chi connectivity index (χ1n) is 8.26. The van der Waals surface area contributed by atoms with Crippen molar-refractivity contribution < 1.29 is 9.18 Å². The van der Waals surface area contributed by atoms with Crippen molar-refractivity contribution in [1.29, 1.82) is 0 Å². The number of carbonyl (C=O) groups excluding carboxylic acids is 1. The van der Waals surface area contributed by atoms with Gasteiger partial charge in [-0.25, -0.2) is 4.39 Å². The number of rotatable bonds is 7. The SMILES string of the molecule is C=CCn1c(SCC(=O)Nc2ccc(F)c(Cl)c2)nnc1-c1ccc(Cl)c(Cl)c1. The fraction of sp³-hybridized carbons (Fsp3) is 0.105. The maximum atomic E-state index is 13.2. The lowest BCUT2D eigenvalue weighted by atomic mass is 10.2. The highest BCUT2D eigenvalue weighted by atomic mass is 35.5. The summed E-state index contributed by atoms with van der Waals surface area (Å²) in [5.41, 5.74) is 1.15. The summed E-state index contributed by atoms with van der Waals surface area (Å²) in [4.78, 5) is 12.2. The molecule has 0 spiro atoms. The van der Waals surface area contributed by atoms with Crippen LogP contribution in [0.2, 0.25) is 15.1 Å². The van der Waals surface area contributed by atoms with Gasteiger partial charge >= 0.3 is 0 Å². The Morgan fingerprint density at radius 3 is 2.62 bits per heavy atom. The molecule has 0 radical (unpaired) electrons. The lowest BCUT2D eigenvalue weighted by Gasteiger charge is -2.09. The molecule has 1 heterocycles. The van der Waals surface area contributed by atoms with Crippen LogP contribution in [0.5, 0.6) is 0 Å². The Labute approximate surface area is 185 Å². The molecule has 1 N–H and O–H groups in total. The van der Waals surface area contributed by atoms with Crippen LogP contribution >= 0.6 is 46.6 Å². The van der Waals surface area contributed by atoms with Crippen LogP contribution in [0, 0.1) is 5.82 Å². The van der Waals surface area contributed by atoms with Crippen LogP contribution < -0.4 is 5.32 Å². The first-order valence-corrected chi connectivity index (χ1v) is 10.4. The van der Waals surface area contributed by atoms with Gasteiger partial charge in [0.25, 0.3) is 0 Å². The Morgan fingerprint density at radius 1 is 1.14 bits per heavy atom. The number of halogens is 4. The zero-order chi connectivity index (χ0) is 21.0. The molecule has 0 bridgehead atoms. The van der Waals surface area contributed by atoms with E-state index in [0.29, 0.717) is 33.3 Å². The second-order valence-corrected chi connectivity index (χ2v) is 7.96. The molecule has 2 aromatic carbocycles. The number of nitrogens with zero attached hydrogens (tertiary/aromatic N) is 3. The van der Waals surface area contributed by atoms with Gasteiger partial charge in [0.1, 0.15) is 5.82 Å². The van der Waals surface area contributed by atoms with Gasteiger partial charge in [-0.2, -0.15) is 0 Å². The summed E-state index contributed by atoms with van der Waals surface area (Å²) in [5.74, 6) is -0.184. The number of anilines is 1. The minimum Gasteiger partial charge on any atom is -0.325 e. The molecule has 3 rings (SSSR count). The molecule has 1 aromatic heterocycles. The summed E-state index contributed by atoms with van der Waals surface area (Å²) in [6.07, 6.45) is 1.70. The van der Waals surface area contributed by atoms with Crippen LogP contribution in [0.25, 0.3) is 11.4 Å². The van der Waals surface area contributed by atoms with E-state index in [1.807, 2.05) is 4.57 Å². The van der Waals surface area contributed by atoms with Crippen molar-refractivity contribution in [2.24, 2.45) is 0 Å². The molecule has 0 saturated carbocycles. The van der Waals surface area contributed by atoms with Gasteiger partial charge in [-0.3, -0.25) is 9.36 Å². The molecular weight excluding hydrogens is 458 g/mol. The van der Waals surface area contributed by atoms with Crippen molar-refractivity contribution in [3.05, 3.63) is 69.9 Å². The fourth-order valence-corrected chi connectivity index (χ4v) is 3.67. The zero-order valence-electron chi connectivity index (χ0n) is 14.8. The van der Waals surface area contributed by atoms with Crippen molar-refractivity contribution >= 4 is 58.2 Å². The van der Waals surface area contributed by atoms with E-state index in [9.17, 15) is 9.18 Å². The fourth-order valence-electron chi connectivity index (χ4n) is 2.44. The summed E-state index contributed by atoms with van der Waals surface area (Å²) >= 11 is 19.0. The largest absolute Gasteiger partial charge is 0.325 e. The van der Waals surface area contributed by atoms with Crippen molar-refractivity contribution in [2.75, 3.05) is 11.1 Å². The van der Waals surface area contributed by atoms with E-state index in [1.54, 1.807) is 24.3 Å². The lowest BCUT2D eigenvalue weighted by Crippen LogP contribution is -2.14.